The Hall–Kier alpha value is -6.56. The number of carbonyl (C=O) groups is 6. The topological polar surface area (TPSA) is 158 Å². The van der Waals surface area contributed by atoms with Crippen LogP contribution in [-0.2, 0) is 38.1 Å². The van der Waals surface area contributed by atoms with Crippen LogP contribution in [0.25, 0.3) is 12.2 Å². The van der Waals surface area contributed by atoms with Crippen LogP contribution in [0.2, 0.25) is 0 Å². The third-order valence-electron chi connectivity index (χ3n) is 6.18. The molecule has 50 heavy (non-hydrogen) atoms. The zero-order valence-corrected chi connectivity index (χ0v) is 27.4. The van der Waals surface area contributed by atoms with Crippen molar-refractivity contribution in [3.63, 3.8) is 0 Å². The van der Waals surface area contributed by atoms with E-state index in [0.717, 1.165) is 0 Å². The Morgan fingerprint density at radius 2 is 0.820 bits per heavy atom. The SMILES string of the molecule is C=C(C)C(=O)OCCOC(=O)C=Cc1ccc(OC(=O)c2ccc(C(=O)Oc3ccc(C=CC(=O)OCCOC(=O)C(=C)C)cc3)cc2)cc1. The Morgan fingerprint density at radius 3 is 1.14 bits per heavy atom. The Bertz CT molecular complexity index is 1650. The van der Waals surface area contributed by atoms with Crippen LogP contribution in [-0.4, -0.2) is 62.2 Å². The highest BCUT2D eigenvalue weighted by Gasteiger charge is 2.13. The summed E-state index contributed by atoms with van der Waals surface area (Å²) in [5.41, 5.74) is 2.17. The lowest BCUT2D eigenvalue weighted by atomic mass is 10.1. The van der Waals surface area contributed by atoms with Crippen molar-refractivity contribution in [2.24, 2.45) is 0 Å². The first-order valence-corrected chi connectivity index (χ1v) is 15.0. The standard InChI is InChI=1S/C38H34O12/c1-25(2)35(41)47-23-21-45-33(39)19-9-27-5-15-31(16-6-27)49-37(43)29-11-13-30(14-12-29)38(44)50-32-17-7-28(8-18-32)10-20-34(40)46-22-24-48-36(42)26(3)4/h5-20H,1,3,21-24H2,2,4H3. The normalized spacial score (nSPS) is 10.6. The molecule has 0 unspecified atom stereocenters. The van der Waals surface area contributed by atoms with Gasteiger partial charge in [-0.2, -0.15) is 0 Å². The number of hydrogen-bond donors (Lipinski definition) is 0. The van der Waals surface area contributed by atoms with Crippen molar-refractivity contribution in [1.29, 1.82) is 0 Å². The minimum Gasteiger partial charge on any atom is -0.459 e. The highest BCUT2D eigenvalue weighted by atomic mass is 16.6. The molecular weight excluding hydrogens is 648 g/mol. The van der Waals surface area contributed by atoms with Gasteiger partial charge in [-0.25, -0.2) is 28.8 Å². The van der Waals surface area contributed by atoms with Gasteiger partial charge in [0.1, 0.15) is 37.9 Å². The quantitative estimate of drug-likeness (QED) is 0.0617. The summed E-state index contributed by atoms with van der Waals surface area (Å²) in [5, 5.41) is 0. The van der Waals surface area contributed by atoms with Crippen molar-refractivity contribution < 1.29 is 57.2 Å². The average molecular weight is 683 g/mol. The molecule has 3 aromatic carbocycles. The van der Waals surface area contributed by atoms with Crippen molar-refractivity contribution in [1.82, 2.24) is 0 Å². The third kappa shape index (κ3) is 13.3. The summed E-state index contributed by atoms with van der Waals surface area (Å²) in [7, 11) is 0. The molecule has 0 atom stereocenters. The van der Waals surface area contributed by atoms with Crippen LogP contribution in [0.1, 0.15) is 45.7 Å². The fourth-order valence-electron chi connectivity index (χ4n) is 3.59. The van der Waals surface area contributed by atoms with Crippen LogP contribution in [0.5, 0.6) is 11.5 Å². The van der Waals surface area contributed by atoms with E-state index in [4.69, 9.17) is 28.4 Å². The van der Waals surface area contributed by atoms with Gasteiger partial charge in [0.15, 0.2) is 0 Å². The summed E-state index contributed by atoms with van der Waals surface area (Å²) in [6.07, 6.45) is 5.43. The monoisotopic (exact) mass is 682 g/mol. The zero-order chi connectivity index (χ0) is 36.5. The first-order valence-electron chi connectivity index (χ1n) is 15.0. The molecule has 0 bridgehead atoms. The maximum absolute atomic E-state index is 12.6. The lowest BCUT2D eigenvalue weighted by molar-refractivity contribution is -0.146. The van der Waals surface area contributed by atoms with Crippen molar-refractivity contribution in [3.8, 4) is 11.5 Å². The summed E-state index contributed by atoms with van der Waals surface area (Å²) in [5.74, 6) is -3.16. The van der Waals surface area contributed by atoms with Crippen LogP contribution >= 0.6 is 0 Å². The maximum atomic E-state index is 12.6. The second-order valence-corrected chi connectivity index (χ2v) is 10.3. The van der Waals surface area contributed by atoms with Gasteiger partial charge in [-0.3, -0.25) is 0 Å². The van der Waals surface area contributed by atoms with Crippen LogP contribution in [0.4, 0.5) is 0 Å². The number of carbonyl (C=O) groups excluding carboxylic acids is 6. The van der Waals surface area contributed by atoms with Crippen LogP contribution < -0.4 is 9.47 Å². The van der Waals surface area contributed by atoms with Gasteiger partial charge in [0, 0.05) is 23.3 Å². The number of ether oxygens (including phenoxy) is 6. The second-order valence-electron chi connectivity index (χ2n) is 10.3. The Kier molecular flexibility index (Phi) is 14.6. The smallest absolute Gasteiger partial charge is 0.343 e. The highest BCUT2D eigenvalue weighted by Crippen LogP contribution is 2.18. The fourth-order valence-corrected chi connectivity index (χ4v) is 3.59. The lowest BCUT2D eigenvalue weighted by Gasteiger charge is -2.07. The van der Waals surface area contributed by atoms with E-state index in [1.54, 1.807) is 48.5 Å². The van der Waals surface area contributed by atoms with Gasteiger partial charge < -0.3 is 28.4 Å². The van der Waals surface area contributed by atoms with E-state index in [1.807, 2.05) is 0 Å². The summed E-state index contributed by atoms with van der Waals surface area (Å²) in [4.78, 5) is 71.5. The zero-order valence-electron chi connectivity index (χ0n) is 27.4. The number of hydrogen-bond acceptors (Lipinski definition) is 12. The molecule has 0 fully saturated rings. The second kappa shape index (κ2) is 19.3. The summed E-state index contributed by atoms with van der Waals surface area (Å²) < 4.78 is 30.4. The third-order valence-corrected chi connectivity index (χ3v) is 6.18. The molecule has 12 heteroatoms. The van der Waals surface area contributed by atoms with Crippen molar-refractivity contribution in [3.05, 3.63) is 132 Å². The molecular formula is C38H34O12. The van der Waals surface area contributed by atoms with Crippen LogP contribution in [0.3, 0.4) is 0 Å². The largest absolute Gasteiger partial charge is 0.459 e. The van der Waals surface area contributed by atoms with E-state index in [-0.39, 0.29) is 60.2 Å². The predicted molar refractivity (Wildman–Crippen MR) is 181 cm³/mol. The van der Waals surface area contributed by atoms with Crippen molar-refractivity contribution in [2.75, 3.05) is 26.4 Å². The average Bonchev–Trinajstić information content (AvgIpc) is 3.11. The Morgan fingerprint density at radius 1 is 0.500 bits per heavy atom. The van der Waals surface area contributed by atoms with E-state index < -0.39 is 35.8 Å². The molecule has 0 radical (unpaired) electrons. The fraction of sp³-hybridized carbons (Fsp3) is 0.158. The van der Waals surface area contributed by atoms with E-state index >= 15 is 0 Å². The molecule has 258 valence electrons. The van der Waals surface area contributed by atoms with E-state index in [9.17, 15) is 28.8 Å². The first kappa shape index (κ1) is 37.9. The summed E-state index contributed by atoms with van der Waals surface area (Å²) in [6, 6.07) is 18.4. The van der Waals surface area contributed by atoms with Gasteiger partial charge in [0.2, 0.25) is 0 Å². The summed E-state index contributed by atoms with van der Waals surface area (Å²) >= 11 is 0. The van der Waals surface area contributed by atoms with Crippen LogP contribution in [0, 0.1) is 0 Å². The molecule has 0 aliphatic rings. The predicted octanol–water partition coefficient (Wildman–Crippen LogP) is 5.48. The van der Waals surface area contributed by atoms with Crippen molar-refractivity contribution in [2.45, 2.75) is 13.8 Å². The number of esters is 6. The minimum atomic E-state index is -0.650. The molecule has 0 saturated carbocycles. The molecule has 0 N–H and O–H groups in total. The molecule has 12 nitrogen and oxygen atoms in total. The molecule has 0 amide bonds. The first-order chi connectivity index (χ1) is 23.9. The molecule has 0 heterocycles. The highest BCUT2D eigenvalue weighted by molar-refractivity contribution is 5.95. The minimum absolute atomic E-state index is 0.0866. The molecule has 0 saturated heterocycles. The van der Waals surface area contributed by atoms with Gasteiger partial charge in [0.05, 0.1) is 11.1 Å². The molecule has 0 aliphatic heterocycles. The summed E-state index contributed by atoms with van der Waals surface area (Å²) in [6.45, 7) is 9.56. The molecule has 0 aromatic heterocycles. The maximum Gasteiger partial charge on any atom is 0.343 e. The van der Waals surface area contributed by atoms with Gasteiger partial charge in [-0.05, 0) is 85.7 Å². The van der Waals surface area contributed by atoms with Crippen LogP contribution in [0.15, 0.2) is 109 Å². The number of benzene rings is 3. The molecule has 0 spiro atoms. The molecule has 3 aromatic rings. The number of rotatable bonds is 16. The van der Waals surface area contributed by atoms with Gasteiger partial charge in [-0.1, -0.05) is 37.4 Å². The van der Waals surface area contributed by atoms with E-state index in [1.165, 1.54) is 62.4 Å². The van der Waals surface area contributed by atoms with E-state index in [0.29, 0.717) is 11.1 Å². The Balaban J connectivity index is 1.42. The lowest BCUT2D eigenvalue weighted by Crippen LogP contribution is -2.13. The molecule has 0 aliphatic carbocycles. The van der Waals surface area contributed by atoms with E-state index in [2.05, 4.69) is 13.2 Å². The Labute approximate surface area is 288 Å². The molecule has 3 rings (SSSR count). The van der Waals surface area contributed by atoms with Gasteiger partial charge >= 0.3 is 35.8 Å². The van der Waals surface area contributed by atoms with Gasteiger partial charge in [0.25, 0.3) is 0 Å². The van der Waals surface area contributed by atoms with Gasteiger partial charge in [-0.15, -0.1) is 0 Å². The van der Waals surface area contributed by atoms with Crippen molar-refractivity contribution >= 4 is 48.0 Å².